The molecule has 0 unspecified atom stereocenters. The molecule has 3 N–H and O–H groups in total. The number of rotatable bonds is 6. The standard InChI is InChI=1S/C8H15O2.C2H6O2/c1-3-5-8(4-2)10-7-6-9;3-1-2-4/h4,9H,1,3,5-7H2,2H3;3-4H,1-2H2. The van der Waals surface area contributed by atoms with Crippen LogP contribution in [0.5, 0.6) is 0 Å². The van der Waals surface area contributed by atoms with E-state index in [1.165, 1.54) is 0 Å². The third-order valence-corrected chi connectivity index (χ3v) is 1.22. The lowest BCUT2D eigenvalue weighted by molar-refractivity contribution is 0.139. The van der Waals surface area contributed by atoms with Gasteiger partial charge in [-0.1, -0.05) is 6.92 Å². The molecule has 0 aromatic heterocycles. The summed E-state index contributed by atoms with van der Waals surface area (Å²) >= 11 is 0. The minimum absolute atomic E-state index is 0.0779. The van der Waals surface area contributed by atoms with Gasteiger partial charge in [-0.05, 0) is 19.4 Å². The zero-order valence-corrected chi connectivity index (χ0v) is 8.78. The van der Waals surface area contributed by atoms with Gasteiger partial charge in [0.25, 0.3) is 0 Å². The zero-order valence-electron chi connectivity index (χ0n) is 8.78. The average molecular weight is 205 g/mol. The molecule has 0 spiro atoms. The average Bonchev–Trinajstić information content (AvgIpc) is 2.24. The summed E-state index contributed by atoms with van der Waals surface area (Å²) in [5.74, 6) is 0.920. The van der Waals surface area contributed by atoms with E-state index in [1.807, 2.05) is 13.0 Å². The Morgan fingerprint density at radius 1 is 1.21 bits per heavy atom. The van der Waals surface area contributed by atoms with Crippen molar-refractivity contribution in [1.29, 1.82) is 0 Å². The first-order valence-electron chi connectivity index (χ1n) is 4.66. The van der Waals surface area contributed by atoms with E-state index >= 15 is 0 Å². The van der Waals surface area contributed by atoms with Crippen molar-refractivity contribution < 1.29 is 20.1 Å². The second-order valence-electron chi connectivity index (χ2n) is 2.38. The van der Waals surface area contributed by atoms with Crippen LogP contribution in [0, 0.1) is 6.92 Å². The lowest BCUT2D eigenvalue weighted by Crippen LogP contribution is -1.98. The van der Waals surface area contributed by atoms with Gasteiger partial charge in [-0.3, -0.25) is 0 Å². The summed E-state index contributed by atoms with van der Waals surface area (Å²) in [5, 5.41) is 23.7. The second kappa shape index (κ2) is 14.9. The van der Waals surface area contributed by atoms with Gasteiger partial charge in [0.15, 0.2) is 0 Å². The smallest absolute Gasteiger partial charge is 0.111 e. The maximum atomic E-state index is 8.41. The maximum absolute atomic E-state index is 8.41. The minimum Gasteiger partial charge on any atom is -0.496 e. The van der Waals surface area contributed by atoms with Crippen molar-refractivity contribution in [2.75, 3.05) is 26.4 Å². The van der Waals surface area contributed by atoms with Crippen LogP contribution in [0.25, 0.3) is 0 Å². The SMILES string of the molecule is OCCO.[CH2]CCC(=CC)OCCO. The molecule has 0 saturated carbocycles. The highest BCUT2D eigenvalue weighted by atomic mass is 16.5. The van der Waals surface area contributed by atoms with Gasteiger partial charge in [0.05, 0.1) is 25.6 Å². The van der Waals surface area contributed by atoms with Gasteiger partial charge >= 0.3 is 0 Å². The third-order valence-electron chi connectivity index (χ3n) is 1.22. The van der Waals surface area contributed by atoms with Crippen molar-refractivity contribution in [2.24, 2.45) is 0 Å². The number of hydrogen-bond donors (Lipinski definition) is 3. The van der Waals surface area contributed by atoms with Crippen molar-refractivity contribution in [1.82, 2.24) is 0 Å². The van der Waals surface area contributed by atoms with Crippen molar-refractivity contribution in [3.05, 3.63) is 18.8 Å². The van der Waals surface area contributed by atoms with Crippen LogP contribution in [0.1, 0.15) is 19.8 Å². The molecule has 0 aliphatic rings. The van der Waals surface area contributed by atoms with E-state index in [0.717, 1.165) is 18.6 Å². The number of aliphatic hydroxyl groups is 3. The molecular weight excluding hydrogens is 184 g/mol. The third kappa shape index (κ3) is 14.0. The Kier molecular flexibility index (Phi) is 16.9. The molecular formula is C10H21O4. The molecule has 0 heterocycles. The summed E-state index contributed by atoms with van der Waals surface area (Å²) in [7, 11) is 0. The fourth-order valence-corrected chi connectivity index (χ4v) is 0.651. The quantitative estimate of drug-likeness (QED) is 0.552. The van der Waals surface area contributed by atoms with E-state index in [0.29, 0.717) is 6.61 Å². The Hall–Kier alpha value is -0.580. The minimum atomic E-state index is -0.125. The molecule has 14 heavy (non-hydrogen) atoms. The van der Waals surface area contributed by atoms with E-state index in [-0.39, 0.29) is 19.8 Å². The molecule has 0 aliphatic heterocycles. The van der Waals surface area contributed by atoms with Gasteiger partial charge in [-0.25, -0.2) is 0 Å². The Morgan fingerprint density at radius 2 is 1.79 bits per heavy atom. The normalized spacial score (nSPS) is 10.5. The van der Waals surface area contributed by atoms with Crippen molar-refractivity contribution in [3.8, 4) is 0 Å². The molecule has 85 valence electrons. The maximum Gasteiger partial charge on any atom is 0.111 e. The Balaban J connectivity index is 0. The first-order chi connectivity index (χ1) is 6.76. The van der Waals surface area contributed by atoms with Crippen LogP contribution in [0.3, 0.4) is 0 Å². The Bertz CT molecular complexity index is 121. The van der Waals surface area contributed by atoms with Gasteiger partial charge in [-0.2, -0.15) is 0 Å². The van der Waals surface area contributed by atoms with Crippen molar-refractivity contribution in [3.63, 3.8) is 0 Å². The summed E-state index contributed by atoms with van der Waals surface area (Å²) in [6.07, 6.45) is 3.60. The monoisotopic (exact) mass is 205 g/mol. The number of ether oxygens (including phenoxy) is 1. The van der Waals surface area contributed by atoms with Crippen LogP contribution in [0.15, 0.2) is 11.8 Å². The van der Waals surface area contributed by atoms with Gasteiger partial charge in [-0.15, -0.1) is 0 Å². The van der Waals surface area contributed by atoms with Crippen LogP contribution in [-0.2, 0) is 4.74 Å². The molecule has 0 atom stereocenters. The largest absolute Gasteiger partial charge is 0.496 e. The molecule has 1 radical (unpaired) electrons. The lowest BCUT2D eigenvalue weighted by atomic mass is 10.3. The fraction of sp³-hybridized carbons (Fsp3) is 0.700. The molecule has 0 saturated heterocycles. The Labute approximate surface area is 85.8 Å². The van der Waals surface area contributed by atoms with Gasteiger partial charge in [0.2, 0.25) is 0 Å². The zero-order chi connectivity index (χ0) is 11.2. The van der Waals surface area contributed by atoms with Gasteiger partial charge < -0.3 is 20.1 Å². The number of hydrogen-bond acceptors (Lipinski definition) is 4. The summed E-state index contributed by atoms with van der Waals surface area (Å²) in [5.41, 5.74) is 0. The van der Waals surface area contributed by atoms with Gasteiger partial charge in [0, 0.05) is 6.42 Å². The van der Waals surface area contributed by atoms with Gasteiger partial charge in [0.1, 0.15) is 6.61 Å². The lowest BCUT2D eigenvalue weighted by Gasteiger charge is -2.06. The highest BCUT2D eigenvalue weighted by molar-refractivity contribution is 4.90. The molecule has 0 bridgehead atoms. The number of aliphatic hydroxyl groups excluding tert-OH is 3. The summed E-state index contributed by atoms with van der Waals surface area (Å²) in [6, 6.07) is 0. The van der Waals surface area contributed by atoms with Crippen LogP contribution < -0.4 is 0 Å². The molecule has 0 aromatic carbocycles. The van der Waals surface area contributed by atoms with Crippen LogP contribution in [-0.4, -0.2) is 41.7 Å². The van der Waals surface area contributed by atoms with Crippen molar-refractivity contribution >= 4 is 0 Å². The topological polar surface area (TPSA) is 69.9 Å². The van der Waals surface area contributed by atoms with Crippen LogP contribution in [0.4, 0.5) is 0 Å². The van der Waals surface area contributed by atoms with Crippen LogP contribution >= 0.6 is 0 Å². The molecule has 4 nitrogen and oxygen atoms in total. The molecule has 4 heteroatoms. The highest BCUT2D eigenvalue weighted by Gasteiger charge is 1.92. The van der Waals surface area contributed by atoms with E-state index in [1.54, 1.807) is 0 Å². The fourth-order valence-electron chi connectivity index (χ4n) is 0.651. The van der Waals surface area contributed by atoms with E-state index < -0.39 is 0 Å². The summed E-state index contributed by atoms with van der Waals surface area (Å²) in [6.45, 7) is 5.83. The first-order valence-corrected chi connectivity index (χ1v) is 4.66. The molecule has 0 rings (SSSR count). The van der Waals surface area contributed by atoms with E-state index in [4.69, 9.17) is 20.1 Å². The predicted octanol–water partition coefficient (Wildman–Crippen LogP) is 0.484. The summed E-state index contributed by atoms with van der Waals surface area (Å²) in [4.78, 5) is 0. The molecule has 0 aliphatic carbocycles. The van der Waals surface area contributed by atoms with Crippen LogP contribution in [0.2, 0.25) is 0 Å². The Morgan fingerprint density at radius 3 is 2.07 bits per heavy atom. The number of allylic oxidation sites excluding steroid dienone is 2. The first kappa shape index (κ1) is 15.9. The highest BCUT2D eigenvalue weighted by Crippen LogP contribution is 2.04. The molecule has 0 amide bonds. The molecule has 0 fully saturated rings. The second-order valence-corrected chi connectivity index (χ2v) is 2.38. The molecule has 0 aromatic rings. The summed E-state index contributed by atoms with van der Waals surface area (Å²) < 4.78 is 5.15. The predicted molar refractivity (Wildman–Crippen MR) is 55.6 cm³/mol. The van der Waals surface area contributed by atoms with E-state index in [9.17, 15) is 0 Å². The van der Waals surface area contributed by atoms with Crippen molar-refractivity contribution in [2.45, 2.75) is 19.8 Å². The van der Waals surface area contributed by atoms with E-state index in [2.05, 4.69) is 6.92 Å².